The SMILES string of the molecule is CCC(C)CN(CC(=O)N1CCN(c2ccc(-c3ccc(-c4ccccc4)cc3)nn2)CC1)C(=O)NC(C)C. The van der Waals surface area contributed by atoms with Crippen LogP contribution in [0.4, 0.5) is 10.6 Å². The molecule has 1 N–H and O–H groups in total. The third-order valence-corrected chi connectivity index (χ3v) is 7.15. The number of carbonyl (C=O) groups excluding carboxylic acids is 2. The second-order valence-corrected chi connectivity index (χ2v) is 10.6. The van der Waals surface area contributed by atoms with Crippen LogP contribution in [0.15, 0.2) is 66.7 Å². The molecule has 2 aromatic carbocycles. The van der Waals surface area contributed by atoms with Gasteiger partial charge in [0.25, 0.3) is 0 Å². The summed E-state index contributed by atoms with van der Waals surface area (Å²) < 4.78 is 0. The first-order valence-electron chi connectivity index (χ1n) is 13.9. The van der Waals surface area contributed by atoms with Gasteiger partial charge >= 0.3 is 6.03 Å². The van der Waals surface area contributed by atoms with Crippen LogP contribution in [-0.4, -0.2) is 77.2 Å². The number of nitrogens with zero attached hydrogens (tertiary/aromatic N) is 5. The van der Waals surface area contributed by atoms with Gasteiger partial charge in [-0.05, 0) is 43.0 Å². The molecule has 0 bridgehead atoms. The lowest BCUT2D eigenvalue weighted by Gasteiger charge is -2.36. The van der Waals surface area contributed by atoms with Crippen LogP contribution in [0.3, 0.4) is 0 Å². The van der Waals surface area contributed by atoms with E-state index in [-0.39, 0.29) is 24.5 Å². The smallest absolute Gasteiger partial charge is 0.318 e. The molecular weight excluding hydrogens is 488 g/mol. The van der Waals surface area contributed by atoms with Gasteiger partial charge < -0.3 is 20.0 Å². The van der Waals surface area contributed by atoms with E-state index >= 15 is 0 Å². The van der Waals surface area contributed by atoms with Gasteiger partial charge in [-0.15, -0.1) is 10.2 Å². The van der Waals surface area contributed by atoms with E-state index in [1.54, 1.807) is 4.90 Å². The third kappa shape index (κ3) is 7.56. The Morgan fingerprint density at radius 3 is 2.08 bits per heavy atom. The van der Waals surface area contributed by atoms with Crippen LogP contribution in [-0.2, 0) is 4.79 Å². The molecule has 1 fully saturated rings. The molecule has 3 amide bonds. The summed E-state index contributed by atoms with van der Waals surface area (Å²) in [5, 5.41) is 11.9. The van der Waals surface area contributed by atoms with E-state index in [1.165, 1.54) is 11.1 Å². The Morgan fingerprint density at radius 2 is 1.49 bits per heavy atom. The number of anilines is 1. The largest absolute Gasteiger partial charge is 0.352 e. The van der Waals surface area contributed by atoms with E-state index in [2.05, 4.69) is 70.7 Å². The number of hydrogen-bond donors (Lipinski definition) is 1. The molecule has 1 aliphatic heterocycles. The van der Waals surface area contributed by atoms with Crippen LogP contribution in [0.2, 0.25) is 0 Å². The maximum atomic E-state index is 13.1. The van der Waals surface area contributed by atoms with Gasteiger partial charge in [0, 0.05) is 44.3 Å². The van der Waals surface area contributed by atoms with Gasteiger partial charge in [-0.3, -0.25) is 4.79 Å². The molecule has 0 aliphatic carbocycles. The summed E-state index contributed by atoms with van der Waals surface area (Å²) in [6, 6.07) is 22.5. The zero-order valence-corrected chi connectivity index (χ0v) is 23.5. The summed E-state index contributed by atoms with van der Waals surface area (Å²) in [6.07, 6.45) is 0.956. The Kier molecular flexibility index (Phi) is 9.52. The fraction of sp³-hybridized carbons (Fsp3) is 0.419. The lowest BCUT2D eigenvalue weighted by molar-refractivity contribution is -0.132. The number of rotatable bonds is 9. The fourth-order valence-corrected chi connectivity index (χ4v) is 4.62. The maximum absolute atomic E-state index is 13.1. The van der Waals surface area contributed by atoms with E-state index in [4.69, 9.17) is 0 Å². The predicted molar refractivity (Wildman–Crippen MR) is 156 cm³/mol. The van der Waals surface area contributed by atoms with Crippen LogP contribution < -0.4 is 10.2 Å². The molecule has 1 atom stereocenters. The van der Waals surface area contributed by atoms with Gasteiger partial charge in [0.05, 0.1) is 5.69 Å². The molecule has 0 spiro atoms. The molecule has 3 aromatic rings. The third-order valence-electron chi connectivity index (χ3n) is 7.15. The van der Waals surface area contributed by atoms with Gasteiger partial charge in [-0.1, -0.05) is 74.9 Å². The van der Waals surface area contributed by atoms with Gasteiger partial charge in [0.1, 0.15) is 6.54 Å². The van der Waals surface area contributed by atoms with Crippen molar-refractivity contribution >= 4 is 17.8 Å². The van der Waals surface area contributed by atoms with Crippen LogP contribution in [0.25, 0.3) is 22.4 Å². The van der Waals surface area contributed by atoms with E-state index in [9.17, 15) is 9.59 Å². The van der Waals surface area contributed by atoms with Crippen molar-refractivity contribution in [3.8, 4) is 22.4 Å². The highest BCUT2D eigenvalue weighted by Gasteiger charge is 2.26. The Balaban J connectivity index is 1.32. The highest BCUT2D eigenvalue weighted by Crippen LogP contribution is 2.24. The van der Waals surface area contributed by atoms with Crippen molar-refractivity contribution in [1.29, 1.82) is 0 Å². The van der Waals surface area contributed by atoms with E-state index < -0.39 is 0 Å². The minimum atomic E-state index is -0.178. The molecule has 0 radical (unpaired) electrons. The lowest BCUT2D eigenvalue weighted by atomic mass is 10.0. The number of piperazine rings is 1. The normalized spacial score (nSPS) is 14.3. The molecule has 1 aromatic heterocycles. The van der Waals surface area contributed by atoms with Crippen molar-refractivity contribution in [2.24, 2.45) is 5.92 Å². The molecule has 8 heteroatoms. The zero-order valence-electron chi connectivity index (χ0n) is 23.5. The monoisotopic (exact) mass is 528 g/mol. The fourth-order valence-electron chi connectivity index (χ4n) is 4.62. The molecule has 206 valence electrons. The molecule has 2 heterocycles. The van der Waals surface area contributed by atoms with Crippen molar-refractivity contribution in [2.75, 3.05) is 44.2 Å². The average molecular weight is 529 g/mol. The summed E-state index contributed by atoms with van der Waals surface area (Å²) in [6.45, 7) is 11.3. The van der Waals surface area contributed by atoms with Crippen molar-refractivity contribution < 1.29 is 9.59 Å². The quantitative estimate of drug-likeness (QED) is 0.426. The van der Waals surface area contributed by atoms with E-state index in [0.29, 0.717) is 38.6 Å². The molecule has 1 aliphatic rings. The number of hydrogen-bond acceptors (Lipinski definition) is 5. The van der Waals surface area contributed by atoms with E-state index in [1.807, 2.05) is 49.1 Å². The van der Waals surface area contributed by atoms with Crippen molar-refractivity contribution in [3.05, 3.63) is 66.7 Å². The van der Waals surface area contributed by atoms with Crippen molar-refractivity contribution in [2.45, 2.75) is 40.2 Å². The highest BCUT2D eigenvalue weighted by atomic mass is 16.2. The first-order chi connectivity index (χ1) is 18.8. The summed E-state index contributed by atoms with van der Waals surface area (Å²) in [5.74, 6) is 1.12. The summed E-state index contributed by atoms with van der Waals surface area (Å²) in [4.78, 5) is 31.4. The maximum Gasteiger partial charge on any atom is 0.318 e. The number of amides is 3. The number of nitrogens with one attached hydrogen (secondary N) is 1. The highest BCUT2D eigenvalue weighted by molar-refractivity contribution is 5.84. The number of benzene rings is 2. The predicted octanol–water partition coefficient (Wildman–Crippen LogP) is 4.93. The summed E-state index contributed by atoms with van der Waals surface area (Å²) >= 11 is 0. The second kappa shape index (κ2) is 13.2. The van der Waals surface area contributed by atoms with Crippen LogP contribution in [0.5, 0.6) is 0 Å². The topological polar surface area (TPSA) is 81.7 Å². The Labute approximate surface area is 232 Å². The minimum Gasteiger partial charge on any atom is -0.352 e. The minimum absolute atomic E-state index is 0.0164. The average Bonchev–Trinajstić information content (AvgIpc) is 2.97. The Bertz CT molecular complexity index is 1210. The standard InChI is InChI=1S/C31H40N6O2/c1-5-24(4)21-37(31(39)32-23(2)3)22-30(38)36-19-17-35(18-20-36)29-16-15-28(33-34-29)27-13-11-26(12-14-27)25-9-7-6-8-10-25/h6-16,23-24H,5,17-22H2,1-4H3,(H,32,39). The number of aromatic nitrogens is 2. The van der Waals surface area contributed by atoms with Gasteiger partial charge in [-0.2, -0.15) is 0 Å². The van der Waals surface area contributed by atoms with Crippen molar-refractivity contribution in [3.63, 3.8) is 0 Å². The summed E-state index contributed by atoms with van der Waals surface area (Å²) in [7, 11) is 0. The number of carbonyl (C=O) groups is 2. The van der Waals surface area contributed by atoms with Gasteiger partial charge in [0.15, 0.2) is 5.82 Å². The molecule has 8 nitrogen and oxygen atoms in total. The Hall–Kier alpha value is -3.94. The van der Waals surface area contributed by atoms with Gasteiger partial charge in [0.2, 0.25) is 5.91 Å². The Morgan fingerprint density at radius 1 is 0.846 bits per heavy atom. The summed E-state index contributed by atoms with van der Waals surface area (Å²) in [5.41, 5.74) is 4.20. The van der Waals surface area contributed by atoms with Crippen molar-refractivity contribution in [1.82, 2.24) is 25.3 Å². The molecular formula is C31H40N6O2. The molecule has 1 unspecified atom stereocenters. The molecule has 0 saturated carbocycles. The molecule has 1 saturated heterocycles. The molecule has 39 heavy (non-hydrogen) atoms. The first-order valence-corrected chi connectivity index (χ1v) is 13.9. The lowest BCUT2D eigenvalue weighted by Crippen LogP contribution is -2.54. The van der Waals surface area contributed by atoms with Crippen LogP contribution >= 0.6 is 0 Å². The van der Waals surface area contributed by atoms with E-state index in [0.717, 1.165) is 23.5 Å². The second-order valence-electron chi connectivity index (χ2n) is 10.6. The molecule has 4 rings (SSSR count). The zero-order chi connectivity index (χ0) is 27.8. The van der Waals surface area contributed by atoms with Gasteiger partial charge in [-0.25, -0.2) is 4.79 Å². The first kappa shape index (κ1) is 28.1. The number of urea groups is 1. The van der Waals surface area contributed by atoms with Crippen LogP contribution in [0, 0.1) is 5.92 Å². The van der Waals surface area contributed by atoms with Crippen LogP contribution in [0.1, 0.15) is 34.1 Å².